The third-order valence-corrected chi connectivity index (χ3v) is 3.20. The number of rotatable bonds is 10. The minimum atomic E-state index is 0.800. The molecule has 7 nitrogen and oxygen atoms in total. The minimum Gasteiger partial charge on any atom is -0.385 e. The van der Waals surface area contributed by atoms with Crippen LogP contribution in [0.2, 0.25) is 0 Å². The summed E-state index contributed by atoms with van der Waals surface area (Å²) in [6.45, 7) is 5.49. The van der Waals surface area contributed by atoms with E-state index in [0.717, 1.165) is 57.3 Å². The normalized spacial score (nSPS) is 11.7. The van der Waals surface area contributed by atoms with Crippen molar-refractivity contribution in [3.8, 4) is 0 Å². The summed E-state index contributed by atoms with van der Waals surface area (Å²) in [6.07, 6.45) is 6.06. The molecule has 1 heterocycles. The number of ether oxygens (including phenoxy) is 1. The van der Waals surface area contributed by atoms with Crippen LogP contribution in [0.4, 0.5) is 0 Å². The molecule has 0 aromatic carbocycles. The summed E-state index contributed by atoms with van der Waals surface area (Å²) in [6, 6.07) is 0. The van der Waals surface area contributed by atoms with Gasteiger partial charge in [0.2, 0.25) is 0 Å². The highest BCUT2D eigenvalue weighted by atomic mass is 16.5. The first-order valence-electron chi connectivity index (χ1n) is 7.62. The zero-order valence-electron chi connectivity index (χ0n) is 13.4. The van der Waals surface area contributed by atoms with Crippen LogP contribution in [0.5, 0.6) is 0 Å². The molecule has 0 fully saturated rings. The Bertz CT molecular complexity index is 404. The average molecular weight is 296 g/mol. The SMILES string of the molecule is CCc1nncn1CCNC(=NC)NCCCCCOC. The first-order valence-corrected chi connectivity index (χ1v) is 7.62. The van der Waals surface area contributed by atoms with Gasteiger partial charge < -0.3 is 19.9 Å². The molecule has 0 radical (unpaired) electrons. The molecule has 0 unspecified atom stereocenters. The smallest absolute Gasteiger partial charge is 0.191 e. The van der Waals surface area contributed by atoms with Gasteiger partial charge in [0, 0.05) is 46.8 Å². The molecule has 0 aliphatic carbocycles. The van der Waals surface area contributed by atoms with Crippen LogP contribution >= 0.6 is 0 Å². The Labute approximate surface area is 127 Å². The van der Waals surface area contributed by atoms with Crippen LogP contribution in [-0.4, -0.2) is 54.6 Å². The van der Waals surface area contributed by atoms with E-state index in [1.54, 1.807) is 20.5 Å². The van der Waals surface area contributed by atoms with Crippen molar-refractivity contribution in [2.75, 3.05) is 33.9 Å². The third-order valence-electron chi connectivity index (χ3n) is 3.20. The van der Waals surface area contributed by atoms with Gasteiger partial charge >= 0.3 is 0 Å². The second-order valence-electron chi connectivity index (χ2n) is 4.77. The summed E-state index contributed by atoms with van der Waals surface area (Å²) in [5.41, 5.74) is 0. The molecule has 0 aliphatic heterocycles. The zero-order chi connectivity index (χ0) is 15.3. The lowest BCUT2D eigenvalue weighted by Crippen LogP contribution is -2.39. The number of hydrogen-bond donors (Lipinski definition) is 2. The van der Waals surface area contributed by atoms with Gasteiger partial charge in [0.25, 0.3) is 0 Å². The maximum absolute atomic E-state index is 5.03. The van der Waals surface area contributed by atoms with E-state index in [2.05, 4.69) is 37.3 Å². The molecule has 2 N–H and O–H groups in total. The number of nitrogens with one attached hydrogen (secondary N) is 2. The molecule has 21 heavy (non-hydrogen) atoms. The maximum Gasteiger partial charge on any atom is 0.191 e. The Hall–Kier alpha value is -1.63. The molecular weight excluding hydrogens is 268 g/mol. The molecule has 0 aliphatic rings. The van der Waals surface area contributed by atoms with Crippen LogP contribution in [0.3, 0.4) is 0 Å². The van der Waals surface area contributed by atoms with E-state index < -0.39 is 0 Å². The van der Waals surface area contributed by atoms with E-state index in [9.17, 15) is 0 Å². The highest BCUT2D eigenvalue weighted by molar-refractivity contribution is 5.79. The quantitative estimate of drug-likeness (QED) is 0.380. The first-order chi connectivity index (χ1) is 10.3. The number of aliphatic imine (C=N–C) groups is 1. The molecule has 0 saturated heterocycles. The van der Waals surface area contributed by atoms with E-state index in [4.69, 9.17) is 4.74 Å². The van der Waals surface area contributed by atoms with E-state index in [-0.39, 0.29) is 0 Å². The van der Waals surface area contributed by atoms with Crippen molar-refractivity contribution in [3.05, 3.63) is 12.2 Å². The van der Waals surface area contributed by atoms with Crippen molar-refractivity contribution in [2.45, 2.75) is 39.2 Å². The van der Waals surface area contributed by atoms with Crippen LogP contribution in [0.15, 0.2) is 11.3 Å². The van der Waals surface area contributed by atoms with Gasteiger partial charge in [-0.15, -0.1) is 10.2 Å². The van der Waals surface area contributed by atoms with Crippen LogP contribution < -0.4 is 10.6 Å². The van der Waals surface area contributed by atoms with Gasteiger partial charge in [0.15, 0.2) is 5.96 Å². The van der Waals surface area contributed by atoms with Gasteiger partial charge in [-0.2, -0.15) is 0 Å². The molecule has 0 amide bonds. The number of aryl methyl sites for hydroxylation is 1. The van der Waals surface area contributed by atoms with E-state index in [0.29, 0.717) is 0 Å². The standard InChI is InChI=1S/C14H28N6O/c1-4-13-19-18-12-20(13)10-9-17-14(15-2)16-8-6-5-7-11-21-3/h12H,4-11H2,1-3H3,(H2,15,16,17). The number of hydrogen-bond acceptors (Lipinski definition) is 4. The van der Waals surface area contributed by atoms with Crippen molar-refractivity contribution >= 4 is 5.96 Å². The molecule has 0 atom stereocenters. The largest absolute Gasteiger partial charge is 0.385 e. The monoisotopic (exact) mass is 296 g/mol. The van der Waals surface area contributed by atoms with E-state index in [1.165, 1.54) is 6.42 Å². The van der Waals surface area contributed by atoms with Crippen molar-refractivity contribution < 1.29 is 4.74 Å². The molecule has 0 saturated carbocycles. The summed E-state index contributed by atoms with van der Waals surface area (Å²) in [5, 5.41) is 14.6. The summed E-state index contributed by atoms with van der Waals surface area (Å²) in [7, 11) is 3.53. The number of methoxy groups -OCH3 is 1. The van der Waals surface area contributed by atoms with Crippen LogP contribution in [0.25, 0.3) is 0 Å². The molecule has 1 aromatic heterocycles. The van der Waals surface area contributed by atoms with Crippen molar-refractivity contribution in [3.63, 3.8) is 0 Å². The molecule has 1 aromatic rings. The highest BCUT2D eigenvalue weighted by Gasteiger charge is 2.01. The molecular formula is C14H28N6O. The lowest BCUT2D eigenvalue weighted by molar-refractivity contribution is 0.192. The summed E-state index contributed by atoms with van der Waals surface area (Å²) < 4.78 is 7.09. The predicted molar refractivity (Wildman–Crippen MR) is 84.5 cm³/mol. The molecule has 7 heteroatoms. The molecule has 0 bridgehead atoms. The number of aromatic nitrogens is 3. The Kier molecular flexibility index (Phi) is 9.19. The van der Waals surface area contributed by atoms with Gasteiger partial charge in [-0.3, -0.25) is 4.99 Å². The van der Waals surface area contributed by atoms with Crippen molar-refractivity contribution in [2.24, 2.45) is 4.99 Å². The maximum atomic E-state index is 5.03. The number of unbranched alkanes of at least 4 members (excludes halogenated alkanes) is 2. The van der Waals surface area contributed by atoms with E-state index in [1.807, 2.05) is 0 Å². The van der Waals surface area contributed by atoms with Crippen LogP contribution in [0.1, 0.15) is 32.0 Å². The second-order valence-corrected chi connectivity index (χ2v) is 4.77. The Balaban J connectivity index is 2.14. The summed E-state index contributed by atoms with van der Waals surface area (Å²) in [4.78, 5) is 4.21. The fraction of sp³-hybridized carbons (Fsp3) is 0.786. The zero-order valence-corrected chi connectivity index (χ0v) is 13.4. The van der Waals surface area contributed by atoms with Crippen molar-refractivity contribution in [1.82, 2.24) is 25.4 Å². The highest BCUT2D eigenvalue weighted by Crippen LogP contribution is 1.95. The minimum absolute atomic E-state index is 0.800. The molecule has 1 rings (SSSR count). The van der Waals surface area contributed by atoms with Gasteiger partial charge in [0.1, 0.15) is 12.2 Å². The van der Waals surface area contributed by atoms with Gasteiger partial charge in [-0.05, 0) is 19.3 Å². The van der Waals surface area contributed by atoms with Crippen molar-refractivity contribution in [1.29, 1.82) is 0 Å². The lowest BCUT2D eigenvalue weighted by atomic mass is 10.2. The third kappa shape index (κ3) is 7.08. The van der Waals surface area contributed by atoms with Gasteiger partial charge in [-0.25, -0.2) is 0 Å². The van der Waals surface area contributed by atoms with Gasteiger partial charge in [0.05, 0.1) is 0 Å². The Morgan fingerprint density at radius 3 is 2.81 bits per heavy atom. The van der Waals surface area contributed by atoms with Gasteiger partial charge in [-0.1, -0.05) is 6.92 Å². The topological polar surface area (TPSA) is 76.4 Å². The van der Waals surface area contributed by atoms with Crippen LogP contribution in [-0.2, 0) is 17.7 Å². The summed E-state index contributed by atoms with van der Waals surface area (Å²) in [5.74, 6) is 1.85. The first kappa shape index (κ1) is 17.4. The molecule has 0 spiro atoms. The number of nitrogens with zero attached hydrogens (tertiary/aromatic N) is 4. The predicted octanol–water partition coefficient (Wildman–Crippen LogP) is 0.822. The Morgan fingerprint density at radius 1 is 1.29 bits per heavy atom. The number of guanidine groups is 1. The Morgan fingerprint density at radius 2 is 2.10 bits per heavy atom. The fourth-order valence-corrected chi connectivity index (χ4v) is 2.01. The second kappa shape index (κ2) is 11.1. The summed E-state index contributed by atoms with van der Waals surface area (Å²) >= 11 is 0. The molecule has 120 valence electrons. The average Bonchev–Trinajstić information content (AvgIpc) is 2.96. The van der Waals surface area contributed by atoms with E-state index >= 15 is 0 Å². The lowest BCUT2D eigenvalue weighted by Gasteiger charge is -2.12. The fourth-order valence-electron chi connectivity index (χ4n) is 2.01. The van der Waals surface area contributed by atoms with Crippen LogP contribution in [0, 0.1) is 0 Å².